The second kappa shape index (κ2) is 5.63. The van der Waals surface area contributed by atoms with Crippen molar-refractivity contribution in [2.45, 2.75) is 47.1 Å². The smallest absolute Gasteiger partial charge is 0.226 e. The van der Waals surface area contributed by atoms with Gasteiger partial charge in [0.2, 0.25) is 5.91 Å². The van der Waals surface area contributed by atoms with Crippen LogP contribution in [0.15, 0.2) is 41.6 Å². The molecule has 3 rings (SSSR count). The van der Waals surface area contributed by atoms with Crippen LogP contribution in [0.4, 0.5) is 0 Å². The Morgan fingerprint density at radius 3 is 2.48 bits per heavy atom. The molecule has 0 N–H and O–H groups in total. The Labute approximate surface area is 138 Å². The molecule has 2 fully saturated rings. The molecule has 0 bridgehead atoms. The van der Waals surface area contributed by atoms with E-state index in [1.807, 2.05) is 44.2 Å². The molecule has 2 atom stereocenters. The van der Waals surface area contributed by atoms with Crippen LogP contribution in [-0.2, 0) is 16.1 Å². The fourth-order valence-corrected chi connectivity index (χ4v) is 4.10. The molecule has 0 aliphatic heterocycles. The molecule has 0 saturated heterocycles. The van der Waals surface area contributed by atoms with Crippen LogP contribution >= 0.6 is 0 Å². The van der Waals surface area contributed by atoms with Crippen molar-refractivity contribution >= 4 is 11.7 Å². The van der Waals surface area contributed by atoms with E-state index < -0.39 is 0 Å². The highest BCUT2D eigenvalue weighted by molar-refractivity contribution is 6.01. The highest BCUT2D eigenvalue weighted by Crippen LogP contribution is 2.68. The van der Waals surface area contributed by atoms with Gasteiger partial charge >= 0.3 is 0 Å². The quantitative estimate of drug-likeness (QED) is 0.790. The van der Waals surface area contributed by atoms with E-state index in [2.05, 4.69) is 13.8 Å². The fourth-order valence-electron chi connectivity index (χ4n) is 4.10. The fraction of sp³-hybridized carbons (Fsp3) is 0.500. The standard InChI is InChI=1S/C20H25NO2/c1-5-17(23)21(12-14-9-7-6-8-10-14)13(2)18-16(22)11-15-19(18)20(15,3)4/h6-10,15,19H,5,11-12H2,1-4H3/t15-,19+/m1/s1. The van der Waals surface area contributed by atoms with Crippen molar-refractivity contribution in [3.05, 3.63) is 47.2 Å². The maximum atomic E-state index is 12.5. The van der Waals surface area contributed by atoms with Crippen LogP contribution in [0.25, 0.3) is 0 Å². The molecule has 2 aliphatic carbocycles. The number of allylic oxidation sites excluding steroid dienone is 2. The van der Waals surface area contributed by atoms with Crippen molar-refractivity contribution in [2.75, 3.05) is 0 Å². The average molecular weight is 311 g/mol. The van der Waals surface area contributed by atoms with Gasteiger partial charge in [0.15, 0.2) is 5.78 Å². The first-order chi connectivity index (χ1) is 10.9. The maximum absolute atomic E-state index is 12.5. The lowest BCUT2D eigenvalue weighted by atomic mass is 9.95. The Bertz CT molecular complexity index is 672. The number of amides is 1. The van der Waals surface area contributed by atoms with Crippen LogP contribution in [0.1, 0.15) is 46.1 Å². The van der Waals surface area contributed by atoms with Gasteiger partial charge < -0.3 is 4.90 Å². The zero-order valence-corrected chi connectivity index (χ0v) is 14.4. The Morgan fingerprint density at radius 1 is 1.26 bits per heavy atom. The molecule has 2 aliphatic rings. The number of carbonyl (C=O) groups excluding carboxylic acids is 2. The second-order valence-electron chi connectivity index (χ2n) is 7.35. The van der Waals surface area contributed by atoms with Crippen LogP contribution in [0, 0.1) is 17.3 Å². The van der Waals surface area contributed by atoms with Crippen molar-refractivity contribution in [3.8, 4) is 0 Å². The van der Waals surface area contributed by atoms with Crippen molar-refractivity contribution in [2.24, 2.45) is 17.3 Å². The first-order valence-corrected chi connectivity index (χ1v) is 8.46. The Hall–Kier alpha value is -1.90. The summed E-state index contributed by atoms with van der Waals surface area (Å²) in [6.45, 7) is 8.81. The van der Waals surface area contributed by atoms with Crippen molar-refractivity contribution < 1.29 is 9.59 Å². The van der Waals surface area contributed by atoms with Crippen molar-refractivity contribution in [1.82, 2.24) is 4.90 Å². The van der Waals surface area contributed by atoms with Gasteiger partial charge in [-0.3, -0.25) is 9.59 Å². The van der Waals surface area contributed by atoms with E-state index >= 15 is 0 Å². The summed E-state index contributed by atoms with van der Waals surface area (Å²) in [7, 11) is 0. The topological polar surface area (TPSA) is 37.4 Å². The highest BCUT2D eigenvalue weighted by atomic mass is 16.2. The van der Waals surface area contributed by atoms with Gasteiger partial charge in [-0.2, -0.15) is 0 Å². The summed E-state index contributed by atoms with van der Waals surface area (Å²) in [6.07, 6.45) is 1.09. The van der Waals surface area contributed by atoms with E-state index in [-0.39, 0.29) is 17.1 Å². The van der Waals surface area contributed by atoms with Crippen LogP contribution in [0.2, 0.25) is 0 Å². The Morgan fingerprint density at radius 2 is 1.91 bits per heavy atom. The van der Waals surface area contributed by atoms with Gasteiger partial charge in [-0.25, -0.2) is 0 Å². The summed E-state index contributed by atoms with van der Waals surface area (Å²) in [5, 5.41) is 0. The summed E-state index contributed by atoms with van der Waals surface area (Å²) in [5.74, 6) is 1.11. The zero-order chi connectivity index (χ0) is 16.8. The summed E-state index contributed by atoms with van der Waals surface area (Å²) in [5.41, 5.74) is 3.06. The monoisotopic (exact) mass is 311 g/mol. The molecule has 0 spiro atoms. The number of carbonyl (C=O) groups is 2. The first kappa shape index (κ1) is 16.0. The highest BCUT2D eigenvalue weighted by Gasteiger charge is 2.65. The molecule has 1 amide bonds. The third-order valence-corrected chi connectivity index (χ3v) is 5.65. The number of hydrogen-bond donors (Lipinski definition) is 0. The van der Waals surface area contributed by atoms with Gasteiger partial charge in [0, 0.05) is 24.1 Å². The lowest BCUT2D eigenvalue weighted by molar-refractivity contribution is -0.129. The van der Waals surface area contributed by atoms with Crippen LogP contribution in [-0.4, -0.2) is 16.6 Å². The number of hydrogen-bond acceptors (Lipinski definition) is 2. The van der Waals surface area contributed by atoms with E-state index in [9.17, 15) is 9.59 Å². The molecule has 0 aromatic heterocycles. The molecule has 0 unspecified atom stereocenters. The molecular formula is C20H25NO2. The number of fused-ring (bicyclic) bond motifs is 1. The average Bonchev–Trinajstić information content (AvgIpc) is 2.89. The number of ketones is 1. The first-order valence-electron chi connectivity index (χ1n) is 8.46. The minimum atomic E-state index is 0.0774. The van der Waals surface area contributed by atoms with Gasteiger partial charge in [0.05, 0.1) is 6.54 Å². The molecule has 3 nitrogen and oxygen atoms in total. The molecular weight excluding hydrogens is 286 g/mol. The molecule has 1 aromatic rings. The summed E-state index contributed by atoms with van der Waals surface area (Å²) < 4.78 is 0. The minimum absolute atomic E-state index is 0.0774. The van der Waals surface area contributed by atoms with Gasteiger partial charge in [-0.1, -0.05) is 51.1 Å². The van der Waals surface area contributed by atoms with E-state index in [0.717, 1.165) is 16.8 Å². The minimum Gasteiger partial charge on any atom is -0.312 e. The lowest BCUT2D eigenvalue weighted by Gasteiger charge is -2.26. The van der Waals surface area contributed by atoms with Gasteiger partial charge in [0.1, 0.15) is 0 Å². The third kappa shape index (κ3) is 2.62. The van der Waals surface area contributed by atoms with Gasteiger partial charge in [0.25, 0.3) is 0 Å². The van der Waals surface area contributed by atoms with Crippen LogP contribution in [0.3, 0.4) is 0 Å². The largest absolute Gasteiger partial charge is 0.312 e. The lowest BCUT2D eigenvalue weighted by Crippen LogP contribution is -2.30. The number of nitrogens with zero attached hydrogens (tertiary/aromatic N) is 1. The molecule has 0 heterocycles. The van der Waals surface area contributed by atoms with E-state index in [1.165, 1.54) is 0 Å². The summed E-state index contributed by atoms with van der Waals surface area (Å²) >= 11 is 0. The van der Waals surface area contributed by atoms with Crippen molar-refractivity contribution in [3.63, 3.8) is 0 Å². The molecule has 2 saturated carbocycles. The molecule has 23 heavy (non-hydrogen) atoms. The molecule has 3 heteroatoms. The number of Topliss-reactive ketones (excluding diaryl/α,β-unsaturated/α-hetero) is 1. The number of rotatable bonds is 4. The molecule has 1 aromatic carbocycles. The van der Waals surface area contributed by atoms with E-state index in [1.54, 1.807) is 4.90 Å². The Kier molecular flexibility index (Phi) is 3.91. The van der Waals surface area contributed by atoms with Gasteiger partial charge in [-0.05, 0) is 29.7 Å². The van der Waals surface area contributed by atoms with E-state index in [0.29, 0.717) is 31.2 Å². The predicted molar refractivity (Wildman–Crippen MR) is 90.4 cm³/mol. The van der Waals surface area contributed by atoms with Gasteiger partial charge in [-0.15, -0.1) is 0 Å². The van der Waals surface area contributed by atoms with Crippen LogP contribution in [0.5, 0.6) is 0 Å². The van der Waals surface area contributed by atoms with Crippen molar-refractivity contribution in [1.29, 1.82) is 0 Å². The normalized spacial score (nSPS) is 26.7. The molecule has 0 radical (unpaired) electrons. The zero-order valence-electron chi connectivity index (χ0n) is 14.4. The SMILES string of the molecule is CCC(=O)N(Cc1ccccc1)C(C)=C1C(=O)C[C@@H]2[C@@H]1C2(C)C. The number of benzene rings is 1. The van der Waals surface area contributed by atoms with Crippen LogP contribution < -0.4 is 0 Å². The maximum Gasteiger partial charge on any atom is 0.226 e. The second-order valence-corrected chi connectivity index (χ2v) is 7.35. The third-order valence-electron chi connectivity index (χ3n) is 5.65. The van der Waals surface area contributed by atoms with E-state index in [4.69, 9.17) is 0 Å². The summed E-state index contributed by atoms with van der Waals surface area (Å²) in [4.78, 5) is 26.7. The Balaban J connectivity index is 1.95. The molecule has 122 valence electrons. The summed E-state index contributed by atoms with van der Waals surface area (Å²) in [6, 6.07) is 9.97. The predicted octanol–water partition coefficient (Wildman–Crippen LogP) is 3.94.